The number of hydrogen-bond acceptors (Lipinski definition) is 3. The second-order valence-electron chi connectivity index (χ2n) is 7.84. The van der Waals surface area contributed by atoms with Crippen molar-refractivity contribution in [3.63, 3.8) is 0 Å². The maximum Gasteiger partial charge on any atom is 0.220 e. The van der Waals surface area contributed by atoms with Crippen molar-refractivity contribution in [3.8, 4) is 0 Å². The number of ether oxygens (including phenoxy) is 1. The zero-order valence-corrected chi connectivity index (χ0v) is 16.8. The molecule has 1 amide bonds. The molecule has 1 aromatic carbocycles. The molecule has 1 aliphatic heterocycles. The normalized spacial score (nSPS) is 22.0. The fourth-order valence-electron chi connectivity index (χ4n) is 3.24. The molecule has 0 aromatic heterocycles. The van der Waals surface area contributed by atoms with Crippen LogP contribution in [-0.4, -0.2) is 48.2 Å². The summed E-state index contributed by atoms with van der Waals surface area (Å²) in [6.07, 6.45) is 1.64. The highest BCUT2D eigenvalue weighted by molar-refractivity contribution is 6.31. The van der Waals surface area contributed by atoms with Gasteiger partial charge in [-0.3, -0.25) is 9.69 Å². The Morgan fingerprint density at radius 2 is 1.96 bits per heavy atom. The first-order valence-corrected chi connectivity index (χ1v) is 9.47. The average Bonchev–Trinajstić information content (AvgIpc) is 2.53. The van der Waals surface area contributed by atoms with Crippen LogP contribution in [0.15, 0.2) is 18.2 Å². The van der Waals surface area contributed by atoms with Gasteiger partial charge in [0.05, 0.1) is 12.2 Å². The number of rotatable bonds is 6. The lowest BCUT2D eigenvalue weighted by Gasteiger charge is -2.45. The molecule has 0 aliphatic carbocycles. The maximum absolute atomic E-state index is 12.2. The van der Waals surface area contributed by atoms with Gasteiger partial charge in [0.15, 0.2) is 0 Å². The summed E-state index contributed by atoms with van der Waals surface area (Å²) in [6, 6.07) is 5.99. The molecular formula is C20H31ClN2O2. The number of nitrogens with one attached hydrogen (secondary N) is 1. The van der Waals surface area contributed by atoms with Crippen LogP contribution in [0.2, 0.25) is 5.02 Å². The molecule has 1 N–H and O–H groups in total. The van der Waals surface area contributed by atoms with Gasteiger partial charge in [-0.25, -0.2) is 0 Å². The van der Waals surface area contributed by atoms with Gasteiger partial charge in [-0.1, -0.05) is 23.7 Å². The van der Waals surface area contributed by atoms with E-state index < -0.39 is 0 Å². The number of halogens is 1. The van der Waals surface area contributed by atoms with E-state index >= 15 is 0 Å². The molecule has 1 heterocycles. The zero-order valence-electron chi connectivity index (χ0n) is 16.1. The van der Waals surface area contributed by atoms with E-state index in [2.05, 4.69) is 37.9 Å². The Kier molecular flexibility index (Phi) is 6.89. The van der Waals surface area contributed by atoms with Crippen LogP contribution in [0.5, 0.6) is 0 Å². The fraction of sp³-hybridized carbons (Fsp3) is 0.650. The predicted molar refractivity (Wildman–Crippen MR) is 103 cm³/mol. The second-order valence-corrected chi connectivity index (χ2v) is 8.24. The number of benzene rings is 1. The molecule has 4 nitrogen and oxygen atoms in total. The largest absolute Gasteiger partial charge is 0.373 e. The monoisotopic (exact) mass is 366 g/mol. The molecule has 1 aromatic rings. The highest BCUT2D eigenvalue weighted by atomic mass is 35.5. The van der Waals surface area contributed by atoms with Crippen molar-refractivity contribution in [1.82, 2.24) is 10.2 Å². The Bertz CT molecular complexity index is 593. The number of aryl methyl sites for hydroxylation is 2. The van der Waals surface area contributed by atoms with Crippen molar-refractivity contribution < 1.29 is 9.53 Å². The summed E-state index contributed by atoms with van der Waals surface area (Å²) in [6.45, 7) is 13.0. The lowest BCUT2D eigenvalue weighted by atomic mass is 10.00. The average molecular weight is 367 g/mol. The van der Waals surface area contributed by atoms with E-state index in [0.29, 0.717) is 19.4 Å². The Labute approximate surface area is 156 Å². The van der Waals surface area contributed by atoms with Crippen molar-refractivity contribution >= 4 is 17.5 Å². The first kappa shape index (κ1) is 20.2. The molecule has 0 bridgehead atoms. The zero-order chi connectivity index (χ0) is 18.6. The third-order valence-corrected chi connectivity index (χ3v) is 5.28. The molecule has 1 saturated heterocycles. The summed E-state index contributed by atoms with van der Waals surface area (Å²) in [7, 11) is 0. The summed E-state index contributed by atoms with van der Waals surface area (Å²) in [5, 5.41) is 3.85. The fourth-order valence-corrected chi connectivity index (χ4v) is 3.44. The summed E-state index contributed by atoms with van der Waals surface area (Å²) in [5.74, 6) is 0.0825. The van der Waals surface area contributed by atoms with Gasteiger partial charge in [-0.2, -0.15) is 0 Å². The van der Waals surface area contributed by atoms with Gasteiger partial charge in [0.1, 0.15) is 0 Å². The Hall–Kier alpha value is -1.10. The summed E-state index contributed by atoms with van der Waals surface area (Å²) < 4.78 is 5.80. The number of hydrogen-bond donors (Lipinski definition) is 1. The van der Waals surface area contributed by atoms with Gasteiger partial charge < -0.3 is 10.1 Å². The van der Waals surface area contributed by atoms with Gasteiger partial charge >= 0.3 is 0 Å². The summed E-state index contributed by atoms with van der Waals surface area (Å²) in [4.78, 5) is 14.6. The van der Waals surface area contributed by atoms with Crippen molar-refractivity contribution in [2.45, 2.75) is 65.2 Å². The molecule has 0 radical (unpaired) electrons. The van der Waals surface area contributed by atoms with Crippen LogP contribution < -0.4 is 5.32 Å². The lowest BCUT2D eigenvalue weighted by molar-refractivity contribution is -0.122. The van der Waals surface area contributed by atoms with Crippen LogP contribution in [-0.2, 0) is 16.0 Å². The third-order valence-electron chi connectivity index (χ3n) is 4.87. The van der Waals surface area contributed by atoms with Gasteiger partial charge in [-0.15, -0.1) is 0 Å². The van der Waals surface area contributed by atoms with Crippen LogP contribution in [0.1, 0.15) is 45.2 Å². The van der Waals surface area contributed by atoms with Crippen molar-refractivity contribution in [2.75, 3.05) is 19.6 Å². The predicted octanol–water partition coefficient (Wildman–Crippen LogP) is 3.59. The molecule has 1 aliphatic rings. The minimum atomic E-state index is -0.0882. The van der Waals surface area contributed by atoms with Gasteiger partial charge in [0.25, 0.3) is 0 Å². The smallest absolute Gasteiger partial charge is 0.220 e. The standard InChI is InChI=1S/C20H31ClN2O2/c1-14-6-7-17(10-18(14)21)8-9-19(24)22-13-20(4,5)23-11-15(2)25-16(3)12-23/h6-7,10,15-16H,8-9,11-13H2,1-5H3,(H,22,24)/t15-,16-/m1/s1. The minimum absolute atomic E-state index is 0.0825. The summed E-state index contributed by atoms with van der Waals surface area (Å²) in [5.41, 5.74) is 2.07. The van der Waals surface area contributed by atoms with E-state index in [9.17, 15) is 4.79 Å². The molecule has 0 saturated carbocycles. The Morgan fingerprint density at radius 3 is 2.56 bits per heavy atom. The van der Waals surface area contributed by atoms with E-state index in [-0.39, 0.29) is 23.7 Å². The topological polar surface area (TPSA) is 41.6 Å². The Morgan fingerprint density at radius 1 is 1.32 bits per heavy atom. The quantitative estimate of drug-likeness (QED) is 0.836. The van der Waals surface area contributed by atoms with E-state index in [0.717, 1.165) is 29.2 Å². The van der Waals surface area contributed by atoms with E-state index in [1.54, 1.807) is 0 Å². The molecule has 0 unspecified atom stereocenters. The first-order valence-electron chi connectivity index (χ1n) is 9.09. The number of morpholine rings is 1. The van der Waals surface area contributed by atoms with E-state index in [1.807, 2.05) is 25.1 Å². The van der Waals surface area contributed by atoms with Gasteiger partial charge in [0, 0.05) is 36.6 Å². The molecular weight excluding hydrogens is 336 g/mol. The van der Waals surface area contributed by atoms with Gasteiger partial charge in [0.2, 0.25) is 5.91 Å². The molecule has 25 heavy (non-hydrogen) atoms. The SMILES string of the molecule is Cc1ccc(CCC(=O)NCC(C)(C)N2C[C@@H](C)O[C@H](C)C2)cc1Cl. The van der Waals surface area contributed by atoms with E-state index in [1.165, 1.54) is 0 Å². The van der Waals surface area contributed by atoms with Gasteiger partial charge in [-0.05, 0) is 58.2 Å². The lowest BCUT2D eigenvalue weighted by Crippen LogP contribution is -2.58. The highest BCUT2D eigenvalue weighted by Crippen LogP contribution is 2.21. The molecule has 5 heteroatoms. The van der Waals surface area contributed by atoms with Crippen molar-refractivity contribution in [3.05, 3.63) is 34.3 Å². The van der Waals surface area contributed by atoms with Crippen LogP contribution in [0, 0.1) is 6.92 Å². The number of carbonyl (C=O) groups is 1. The molecule has 2 atom stereocenters. The van der Waals surface area contributed by atoms with E-state index in [4.69, 9.17) is 16.3 Å². The molecule has 2 rings (SSSR count). The van der Waals surface area contributed by atoms with Crippen LogP contribution in [0.25, 0.3) is 0 Å². The van der Waals surface area contributed by atoms with Crippen molar-refractivity contribution in [1.29, 1.82) is 0 Å². The van der Waals surface area contributed by atoms with Crippen molar-refractivity contribution in [2.24, 2.45) is 0 Å². The number of nitrogens with zero attached hydrogens (tertiary/aromatic N) is 1. The number of amides is 1. The highest BCUT2D eigenvalue weighted by Gasteiger charge is 2.33. The maximum atomic E-state index is 12.2. The first-order chi connectivity index (χ1) is 11.7. The third kappa shape index (κ3) is 5.98. The Balaban J connectivity index is 1.81. The van der Waals surface area contributed by atoms with Crippen LogP contribution in [0.4, 0.5) is 0 Å². The van der Waals surface area contributed by atoms with Crippen LogP contribution >= 0.6 is 11.6 Å². The molecule has 140 valence electrons. The number of carbonyl (C=O) groups excluding carboxylic acids is 1. The molecule has 0 spiro atoms. The second kappa shape index (κ2) is 8.52. The minimum Gasteiger partial charge on any atom is -0.373 e. The summed E-state index contributed by atoms with van der Waals surface area (Å²) >= 11 is 6.14. The van der Waals surface area contributed by atoms with Crippen LogP contribution in [0.3, 0.4) is 0 Å². The molecule has 1 fully saturated rings.